The number of amides is 2. The fourth-order valence-electron chi connectivity index (χ4n) is 3.23. The topological polar surface area (TPSA) is 75.7 Å². The van der Waals surface area contributed by atoms with E-state index in [2.05, 4.69) is 12.2 Å². The summed E-state index contributed by atoms with van der Waals surface area (Å²) in [6, 6.07) is 13.2. The second kappa shape index (κ2) is 8.69. The maximum absolute atomic E-state index is 12.6. The number of likely N-dealkylation sites (tertiary alicyclic amines) is 1. The first-order valence-electron chi connectivity index (χ1n) is 9.37. The molecule has 1 heterocycles. The molecule has 1 N–H and O–H groups in total. The molecule has 2 amide bonds. The standard InChI is InChI=1S/C22H24N2O4/c1-15-11-13-24(14-12-15)21(26)17-9-7-16(8-10-17)20(25)23-19-6-4-3-5-18(19)22(27)28-2/h3-10,15H,11-14H2,1-2H3,(H,23,25). The Hall–Kier alpha value is -3.15. The maximum Gasteiger partial charge on any atom is 0.339 e. The van der Waals surface area contributed by atoms with Gasteiger partial charge in [0.15, 0.2) is 0 Å². The Bertz CT molecular complexity index is 868. The minimum absolute atomic E-state index is 0.00473. The third kappa shape index (κ3) is 4.39. The van der Waals surface area contributed by atoms with Crippen LogP contribution in [-0.2, 0) is 4.74 Å². The summed E-state index contributed by atoms with van der Waals surface area (Å²) in [5.41, 5.74) is 1.64. The number of para-hydroxylation sites is 1. The van der Waals surface area contributed by atoms with Crippen LogP contribution in [0.15, 0.2) is 48.5 Å². The third-order valence-corrected chi connectivity index (χ3v) is 5.05. The van der Waals surface area contributed by atoms with Gasteiger partial charge in [0, 0.05) is 24.2 Å². The van der Waals surface area contributed by atoms with E-state index in [1.54, 1.807) is 48.5 Å². The molecule has 0 spiro atoms. The van der Waals surface area contributed by atoms with Crippen LogP contribution in [0.1, 0.15) is 50.8 Å². The second-order valence-electron chi connectivity index (χ2n) is 7.04. The van der Waals surface area contributed by atoms with E-state index >= 15 is 0 Å². The van der Waals surface area contributed by atoms with E-state index in [-0.39, 0.29) is 17.4 Å². The lowest BCUT2D eigenvalue weighted by Gasteiger charge is -2.30. The van der Waals surface area contributed by atoms with E-state index in [1.165, 1.54) is 7.11 Å². The van der Waals surface area contributed by atoms with Crippen LogP contribution in [0, 0.1) is 5.92 Å². The van der Waals surface area contributed by atoms with E-state index in [0.29, 0.717) is 22.7 Å². The minimum atomic E-state index is -0.521. The number of carbonyl (C=O) groups is 3. The smallest absolute Gasteiger partial charge is 0.339 e. The van der Waals surface area contributed by atoms with Crippen LogP contribution in [0.4, 0.5) is 5.69 Å². The van der Waals surface area contributed by atoms with Crippen LogP contribution in [0.5, 0.6) is 0 Å². The van der Waals surface area contributed by atoms with E-state index in [1.807, 2.05) is 4.90 Å². The fourth-order valence-corrected chi connectivity index (χ4v) is 3.23. The van der Waals surface area contributed by atoms with Crippen molar-refractivity contribution in [2.45, 2.75) is 19.8 Å². The van der Waals surface area contributed by atoms with Crippen LogP contribution < -0.4 is 5.32 Å². The molecule has 146 valence electrons. The average molecular weight is 380 g/mol. The van der Waals surface area contributed by atoms with E-state index < -0.39 is 5.97 Å². The van der Waals surface area contributed by atoms with Gasteiger partial charge in [0.2, 0.25) is 0 Å². The first-order valence-corrected chi connectivity index (χ1v) is 9.37. The van der Waals surface area contributed by atoms with Crippen molar-refractivity contribution in [1.29, 1.82) is 0 Å². The molecule has 0 atom stereocenters. The zero-order chi connectivity index (χ0) is 20.1. The molecule has 6 heteroatoms. The van der Waals surface area contributed by atoms with Crippen molar-refractivity contribution in [2.24, 2.45) is 5.92 Å². The van der Waals surface area contributed by atoms with Crippen LogP contribution in [0.3, 0.4) is 0 Å². The quantitative estimate of drug-likeness (QED) is 0.823. The van der Waals surface area contributed by atoms with Gasteiger partial charge < -0.3 is 15.0 Å². The molecule has 0 saturated carbocycles. The molecular weight excluding hydrogens is 356 g/mol. The molecule has 6 nitrogen and oxygen atoms in total. The maximum atomic E-state index is 12.6. The molecule has 2 aromatic rings. The van der Waals surface area contributed by atoms with Crippen molar-refractivity contribution in [3.8, 4) is 0 Å². The van der Waals surface area contributed by atoms with Crippen molar-refractivity contribution in [3.63, 3.8) is 0 Å². The van der Waals surface area contributed by atoms with Gasteiger partial charge in [-0.1, -0.05) is 19.1 Å². The molecular formula is C22H24N2O4. The predicted molar refractivity (Wildman–Crippen MR) is 106 cm³/mol. The molecule has 2 aromatic carbocycles. The van der Waals surface area contributed by atoms with Gasteiger partial charge in [-0.25, -0.2) is 4.79 Å². The highest BCUT2D eigenvalue weighted by Crippen LogP contribution is 2.20. The molecule has 3 rings (SSSR count). The number of nitrogens with one attached hydrogen (secondary N) is 1. The molecule has 0 radical (unpaired) electrons. The van der Waals surface area contributed by atoms with Gasteiger partial charge in [-0.3, -0.25) is 9.59 Å². The second-order valence-corrected chi connectivity index (χ2v) is 7.04. The van der Waals surface area contributed by atoms with Crippen LogP contribution in [0.2, 0.25) is 0 Å². The largest absolute Gasteiger partial charge is 0.465 e. The lowest BCUT2D eigenvalue weighted by molar-refractivity contribution is 0.0601. The number of methoxy groups -OCH3 is 1. The molecule has 1 fully saturated rings. The number of nitrogens with zero attached hydrogens (tertiary/aromatic N) is 1. The average Bonchev–Trinajstić information content (AvgIpc) is 2.73. The Labute approximate surface area is 164 Å². The Morgan fingerprint density at radius 2 is 1.57 bits per heavy atom. The van der Waals surface area contributed by atoms with Gasteiger partial charge in [-0.2, -0.15) is 0 Å². The summed E-state index contributed by atoms with van der Waals surface area (Å²) in [4.78, 5) is 38.8. The number of rotatable bonds is 4. The third-order valence-electron chi connectivity index (χ3n) is 5.05. The highest BCUT2D eigenvalue weighted by Gasteiger charge is 2.21. The van der Waals surface area contributed by atoms with Gasteiger partial charge in [0.1, 0.15) is 0 Å². The molecule has 1 saturated heterocycles. The van der Waals surface area contributed by atoms with E-state index in [0.717, 1.165) is 25.9 Å². The lowest BCUT2D eigenvalue weighted by Crippen LogP contribution is -2.37. The number of piperidine rings is 1. The molecule has 0 unspecified atom stereocenters. The summed E-state index contributed by atoms with van der Waals surface area (Å²) in [7, 11) is 1.29. The SMILES string of the molecule is COC(=O)c1ccccc1NC(=O)c1ccc(C(=O)N2CCC(C)CC2)cc1. The molecule has 0 aromatic heterocycles. The Balaban J connectivity index is 1.69. The number of hydrogen-bond donors (Lipinski definition) is 1. The summed E-state index contributed by atoms with van der Waals surface area (Å²) in [5, 5.41) is 2.72. The summed E-state index contributed by atoms with van der Waals surface area (Å²) < 4.78 is 4.74. The van der Waals surface area contributed by atoms with Crippen molar-refractivity contribution in [2.75, 3.05) is 25.5 Å². The predicted octanol–water partition coefficient (Wildman–Crippen LogP) is 3.60. The lowest BCUT2D eigenvalue weighted by atomic mass is 9.98. The van der Waals surface area contributed by atoms with Crippen LogP contribution in [-0.4, -0.2) is 42.9 Å². The van der Waals surface area contributed by atoms with Gasteiger partial charge in [-0.15, -0.1) is 0 Å². The molecule has 0 aliphatic carbocycles. The summed E-state index contributed by atoms with van der Waals surface area (Å²) in [5.74, 6) is -0.229. The summed E-state index contributed by atoms with van der Waals surface area (Å²) >= 11 is 0. The number of hydrogen-bond acceptors (Lipinski definition) is 4. The van der Waals surface area contributed by atoms with Gasteiger partial charge >= 0.3 is 5.97 Å². The van der Waals surface area contributed by atoms with E-state index in [9.17, 15) is 14.4 Å². The molecule has 1 aliphatic rings. The van der Waals surface area contributed by atoms with Crippen molar-refractivity contribution in [3.05, 3.63) is 65.2 Å². The normalized spacial score (nSPS) is 14.4. The van der Waals surface area contributed by atoms with Gasteiger partial charge in [-0.05, 0) is 55.2 Å². The minimum Gasteiger partial charge on any atom is -0.465 e. The highest BCUT2D eigenvalue weighted by atomic mass is 16.5. The van der Waals surface area contributed by atoms with Gasteiger partial charge in [0.05, 0.1) is 18.4 Å². The highest BCUT2D eigenvalue weighted by molar-refractivity contribution is 6.08. The Kier molecular flexibility index (Phi) is 6.09. The van der Waals surface area contributed by atoms with Crippen molar-refractivity contribution >= 4 is 23.5 Å². The van der Waals surface area contributed by atoms with Crippen molar-refractivity contribution in [1.82, 2.24) is 4.90 Å². The zero-order valence-electron chi connectivity index (χ0n) is 16.1. The molecule has 28 heavy (non-hydrogen) atoms. The Morgan fingerprint density at radius 3 is 2.21 bits per heavy atom. The first kappa shape index (κ1) is 19.6. The van der Waals surface area contributed by atoms with Crippen molar-refractivity contribution < 1.29 is 19.1 Å². The number of carbonyl (C=O) groups excluding carboxylic acids is 3. The fraction of sp³-hybridized carbons (Fsp3) is 0.318. The summed E-state index contributed by atoms with van der Waals surface area (Å²) in [6.45, 7) is 3.74. The number of esters is 1. The number of benzene rings is 2. The van der Waals surface area contributed by atoms with Crippen LogP contribution >= 0.6 is 0 Å². The van der Waals surface area contributed by atoms with Gasteiger partial charge in [0.25, 0.3) is 11.8 Å². The zero-order valence-corrected chi connectivity index (χ0v) is 16.1. The first-order chi connectivity index (χ1) is 13.5. The van der Waals surface area contributed by atoms with Crippen LogP contribution in [0.25, 0.3) is 0 Å². The number of anilines is 1. The number of ether oxygens (including phenoxy) is 1. The van der Waals surface area contributed by atoms with E-state index in [4.69, 9.17) is 4.74 Å². The molecule has 1 aliphatic heterocycles. The summed E-state index contributed by atoms with van der Waals surface area (Å²) in [6.07, 6.45) is 2.04. The Morgan fingerprint density at radius 1 is 0.964 bits per heavy atom. The monoisotopic (exact) mass is 380 g/mol. The molecule has 0 bridgehead atoms.